The highest BCUT2D eigenvalue weighted by atomic mass is 16.2. The Balaban J connectivity index is 2.28. The Morgan fingerprint density at radius 1 is 0.958 bits per heavy atom. The Kier molecular flexibility index (Phi) is 3.31. The molecule has 24 heavy (non-hydrogen) atoms. The molecule has 0 aliphatic heterocycles. The van der Waals surface area contributed by atoms with Crippen molar-refractivity contribution in [1.29, 1.82) is 5.26 Å². The van der Waals surface area contributed by atoms with Crippen LogP contribution in [0.2, 0.25) is 0 Å². The molecule has 118 valence electrons. The Bertz CT molecular complexity index is 1100. The first-order chi connectivity index (χ1) is 11.7. The zero-order chi connectivity index (χ0) is 16.7. The van der Waals surface area contributed by atoms with Crippen molar-refractivity contribution < 1.29 is 0 Å². The highest BCUT2D eigenvalue weighted by Crippen LogP contribution is 2.38. The van der Waals surface area contributed by atoms with Crippen molar-refractivity contribution >= 4 is 10.9 Å². The van der Waals surface area contributed by atoms with Gasteiger partial charge in [0.1, 0.15) is 6.07 Å². The quantitative estimate of drug-likeness (QED) is 0.723. The fourth-order valence-corrected chi connectivity index (χ4v) is 3.72. The Labute approximate surface area is 137 Å². The molecule has 2 aromatic carbocycles. The zero-order valence-electron chi connectivity index (χ0n) is 13.0. The number of nitrogens with zero attached hydrogens (tertiary/aromatic N) is 1. The second-order valence-electron chi connectivity index (χ2n) is 6.05. The monoisotopic (exact) mass is 317 g/mol. The number of nitrogens with one attached hydrogen (secondary N) is 2. The van der Waals surface area contributed by atoms with E-state index in [9.17, 15) is 14.9 Å². The molecule has 0 fully saturated rings. The standard InChI is InChI=1S/C19H15N3O2/c20-10-14-12-8-4-5-9-13(12)15(11-6-2-1-3-7-11)16-17(14)21-19(24)22-18(16)23/h1-3,6-7H,4-5,8-9H2,(H2,21,22,23,24). The Morgan fingerprint density at radius 2 is 1.67 bits per heavy atom. The highest BCUT2D eigenvalue weighted by Gasteiger charge is 2.24. The third kappa shape index (κ3) is 2.08. The predicted molar refractivity (Wildman–Crippen MR) is 92.0 cm³/mol. The van der Waals surface area contributed by atoms with Crippen LogP contribution in [0.15, 0.2) is 39.9 Å². The summed E-state index contributed by atoms with van der Waals surface area (Å²) in [6, 6.07) is 11.9. The molecule has 1 aliphatic carbocycles. The molecule has 5 heteroatoms. The van der Waals surface area contributed by atoms with Crippen molar-refractivity contribution in [2.24, 2.45) is 0 Å². The molecule has 0 saturated heterocycles. The van der Waals surface area contributed by atoms with Crippen LogP contribution in [0.1, 0.15) is 29.5 Å². The van der Waals surface area contributed by atoms with Crippen LogP contribution in [0.4, 0.5) is 0 Å². The third-order valence-electron chi connectivity index (χ3n) is 4.69. The van der Waals surface area contributed by atoms with Crippen molar-refractivity contribution in [2.75, 3.05) is 0 Å². The summed E-state index contributed by atoms with van der Waals surface area (Å²) in [5.74, 6) is 0. The van der Waals surface area contributed by atoms with E-state index >= 15 is 0 Å². The van der Waals surface area contributed by atoms with E-state index in [0.29, 0.717) is 16.5 Å². The first-order valence-electron chi connectivity index (χ1n) is 8.00. The van der Waals surface area contributed by atoms with Crippen molar-refractivity contribution in [3.8, 4) is 17.2 Å². The molecule has 3 aromatic rings. The second-order valence-corrected chi connectivity index (χ2v) is 6.05. The van der Waals surface area contributed by atoms with Crippen molar-refractivity contribution in [3.63, 3.8) is 0 Å². The summed E-state index contributed by atoms with van der Waals surface area (Å²) < 4.78 is 0. The summed E-state index contributed by atoms with van der Waals surface area (Å²) in [4.78, 5) is 29.3. The number of H-pyrrole nitrogens is 2. The molecule has 0 amide bonds. The lowest BCUT2D eigenvalue weighted by atomic mass is 9.81. The number of aromatic amines is 2. The van der Waals surface area contributed by atoms with Gasteiger partial charge in [0.15, 0.2) is 0 Å². The van der Waals surface area contributed by atoms with Crippen LogP contribution in [-0.2, 0) is 12.8 Å². The minimum absolute atomic E-state index is 0.353. The average molecular weight is 317 g/mol. The van der Waals surface area contributed by atoms with Crippen LogP contribution in [-0.4, -0.2) is 9.97 Å². The molecule has 5 nitrogen and oxygen atoms in total. The van der Waals surface area contributed by atoms with E-state index in [0.717, 1.165) is 47.9 Å². The summed E-state index contributed by atoms with van der Waals surface area (Å²) in [5, 5.41) is 10.1. The summed E-state index contributed by atoms with van der Waals surface area (Å²) in [5.41, 5.74) is 3.56. The van der Waals surface area contributed by atoms with Gasteiger partial charge in [0, 0.05) is 5.56 Å². The van der Waals surface area contributed by atoms with Crippen LogP contribution in [0.5, 0.6) is 0 Å². The van der Waals surface area contributed by atoms with Gasteiger partial charge >= 0.3 is 5.69 Å². The Morgan fingerprint density at radius 3 is 2.38 bits per heavy atom. The van der Waals surface area contributed by atoms with E-state index in [2.05, 4.69) is 16.0 Å². The summed E-state index contributed by atoms with van der Waals surface area (Å²) in [6.07, 6.45) is 3.67. The maximum Gasteiger partial charge on any atom is 0.326 e. The first kappa shape index (κ1) is 14.5. The number of fused-ring (bicyclic) bond motifs is 2. The lowest BCUT2D eigenvalue weighted by Crippen LogP contribution is -2.24. The van der Waals surface area contributed by atoms with E-state index in [-0.39, 0.29) is 0 Å². The van der Waals surface area contributed by atoms with Crippen LogP contribution in [0.25, 0.3) is 22.0 Å². The van der Waals surface area contributed by atoms with Crippen LogP contribution in [0.3, 0.4) is 0 Å². The number of aromatic nitrogens is 2. The lowest BCUT2D eigenvalue weighted by Gasteiger charge is -2.23. The SMILES string of the molecule is N#Cc1c2c(c(-c3ccccc3)c3c(=O)[nH]c(=O)[nH]c13)CCCC2. The van der Waals surface area contributed by atoms with Gasteiger partial charge in [-0.3, -0.25) is 9.78 Å². The minimum Gasteiger partial charge on any atom is -0.306 e. The molecule has 0 spiro atoms. The molecule has 4 rings (SSSR count). The van der Waals surface area contributed by atoms with E-state index < -0.39 is 11.2 Å². The molecule has 0 saturated carbocycles. The van der Waals surface area contributed by atoms with Gasteiger partial charge in [-0.25, -0.2) is 4.79 Å². The van der Waals surface area contributed by atoms with Gasteiger partial charge in [-0.15, -0.1) is 0 Å². The smallest absolute Gasteiger partial charge is 0.306 e. The number of benzene rings is 2. The molecule has 1 aliphatic rings. The number of nitriles is 1. The maximum atomic E-state index is 12.6. The van der Waals surface area contributed by atoms with Crippen LogP contribution >= 0.6 is 0 Å². The van der Waals surface area contributed by atoms with Crippen molar-refractivity contribution in [3.05, 3.63) is 67.9 Å². The largest absolute Gasteiger partial charge is 0.326 e. The predicted octanol–water partition coefficient (Wildman–Crippen LogP) is 2.63. The van der Waals surface area contributed by atoms with Crippen molar-refractivity contribution in [1.82, 2.24) is 9.97 Å². The fourth-order valence-electron chi connectivity index (χ4n) is 3.72. The summed E-state index contributed by atoms with van der Waals surface area (Å²) >= 11 is 0. The topological polar surface area (TPSA) is 89.5 Å². The van der Waals surface area contributed by atoms with E-state index in [1.165, 1.54) is 0 Å². The van der Waals surface area contributed by atoms with Crippen molar-refractivity contribution in [2.45, 2.75) is 25.7 Å². The summed E-state index contributed by atoms with van der Waals surface area (Å²) in [6.45, 7) is 0. The summed E-state index contributed by atoms with van der Waals surface area (Å²) in [7, 11) is 0. The lowest BCUT2D eigenvalue weighted by molar-refractivity contribution is 0.686. The van der Waals surface area contributed by atoms with Gasteiger partial charge in [0.25, 0.3) is 5.56 Å². The Hall–Kier alpha value is -3.13. The van der Waals surface area contributed by atoms with Crippen LogP contribution in [0, 0.1) is 11.3 Å². The van der Waals surface area contributed by atoms with Gasteiger partial charge in [-0.1, -0.05) is 30.3 Å². The van der Waals surface area contributed by atoms with Gasteiger partial charge in [-0.05, 0) is 42.4 Å². The van der Waals surface area contributed by atoms with Crippen LogP contribution < -0.4 is 11.2 Å². The normalized spacial score (nSPS) is 13.5. The minimum atomic E-state index is -0.584. The molecule has 2 N–H and O–H groups in total. The molecular formula is C19H15N3O2. The first-order valence-corrected chi connectivity index (χ1v) is 8.00. The molecule has 0 atom stereocenters. The van der Waals surface area contributed by atoms with E-state index in [1.54, 1.807) is 0 Å². The van der Waals surface area contributed by atoms with Gasteiger partial charge in [0.05, 0.1) is 16.5 Å². The number of hydrogen-bond donors (Lipinski definition) is 2. The molecule has 0 bridgehead atoms. The fraction of sp³-hybridized carbons (Fsp3) is 0.211. The zero-order valence-corrected chi connectivity index (χ0v) is 13.0. The number of hydrogen-bond acceptors (Lipinski definition) is 3. The molecule has 0 radical (unpaired) electrons. The third-order valence-corrected chi connectivity index (χ3v) is 4.69. The van der Waals surface area contributed by atoms with Gasteiger partial charge < -0.3 is 4.98 Å². The molecule has 1 aromatic heterocycles. The van der Waals surface area contributed by atoms with Gasteiger partial charge in [0.2, 0.25) is 0 Å². The van der Waals surface area contributed by atoms with E-state index in [1.807, 2.05) is 30.3 Å². The maximum absolute atomic E-state index is 12.6. The second kappa shape index (κ2) is 5.50. The molecular weight excluding hydrogens is 302 g/mol. The molecule has 1 heterocycles. The van der Waals surface area contributed by atoms with E-state index in [4.69, 9.17) is 0 Å². The average Bonchev–Trinajstić information content (AvgIpc) is 2.60. The number of rotatable bonds is 1. The van der Waals surface area contributed by atoms with Gasteiger partial charge in [-0.2, -0.15) is 5.26 Å². The molecule has 0 unspecified atom stereocenters. The highest BCUT2D eigenvalue weighted by molar-refractivity contribution is 6.00.